The van der Waals surface area contributed by atoms with Crippen molar-refractivity contribution < 1.29 is 13.6 Å². The predicted molar refractivity (Wildman–Crippen MR) is 55.2 cm³/mol. The summed E-state index contributed by atoms with van der Waals surface area (Å²) in [5.41, 5.74) is -0.175. The Balaban J connectivity index is 2.94. The molecule has 0 aliphatic rings. The van der Waals surface area contributed by atoms with Crippen LogP contribution in [0.2, 0.25) is 0 Å². The van der Waals surface area contributed by atoms with E-state index in [0.29, 0.717) is 0 Å². The second-order valence-corrected chi connectivity index (χ2v) is 3.53. The molecule has 0 amide bonds. The van der Waals surface area contributed by atoms with E-state index in [0.717, 1.165) is 12.1 Å². The Morgan fingerprint density at radius 3 is 2.27 bits per heavy atom. The second-order valence-electron chi connectivity index (χ2n) is 3.53. The minimum atomic E-state index is -0.664. The first-order valence-electron chi connectivity index (χ1n) is 4.68. The first kappa shape index (κ1) is 11.6. The predicted octanol–water partition coefficient (Wildman–Crippen LogP) is 3.20. The molecule has 0 bridgehead atoms. The highest BCUT2D eigenvalue weighted by Crippen LogP contribution is 2.14. The van der Waals surface area contributed by atoms with Gasteiger partial charge in [-0.15, -0.1) is 0 Å². The van der Waals surface area contributed by atoms with Crippen LogP contribution in [0.3, 0.4) is 0 Å². The van der Waals surface area contributed by atoms with E-state index < -0.39 is 11.6 Å². The zero-order chi connectivity index (χ0) is 11.4. The molecule has 15 heavy (non-hydrogen) atoms. The van der Waals surface area contributed by atoms with Crippen LogP contribution in [0.5, 0.6) is 0 Å². The Kier molecular flexibility index (Phi) is 3.72. The van der Waals surface area contributed by atoms with Gasteiger partial charge in [-0.3, -0.25) is 4.79 Å². The molecule has 3 heteroatoms. The summed E-state index contributed by atoms with van der Waals surface area (Å²) in [6.45, 7) is 3.45. The zero-order valence-electron chi connectivity index (χ0n) is 8.63. The third-order valence-electron chi connectivity index (χ3n) is 1.98. The molecule has 1 nitrogen and oxygen atoms in total. The number of allylic oxidation sites excluding steroid dienone is 1. The van der Waals surface area contributed by atoms with Crippen LogP contribution >= 0.6 is 0 Å². The molecule has 0 aromatic heterocycles. The van der Waals surface area contributed by atoms with Gasteiger partial charge in [-0.25, -0.2) is 8.78 Å². The van der Waals surface area contributed by atoms with Gasteiger partial charge >= 0.3 is 0 Å². The fourth-order valence-electron chi connectivity index (χ4n) is 1.03. The third-order valence-corrected chi connectivity index (χ3v) is 1.98. The summed E-state index contributed by atoms with van der Waals surface area (Å²) in [7, 11) is 0. The second kappa shape index (κ2) is 4.82. The van der Waals surface area contributed by atoms with Gasteiger partial charge in [0.25, 0.3) is 0 Å². The van der Waals surface area contributed by atoms with Crippen LogP contribution < -0.4 is 0 Å². The Morgan fingerprint density at radius 2 is 1.80 bits per heavy atom. The van der Waals surface area contributed by atoms with Crippen molar-refractivity contribution in [3.63, 3.8) is 0 Å². The molecule has 80 valence electrons. The Bertz CT molecular complexity index is 374. The molecular weight excluding hydrogens is 198 g/mol. The highest BCUT2D eigenvalue weighted by Gasteiger charge is 2.06. The molecule has 0 aliphatic heterocycles. The summed E-state index contributed by atoms with van der Waals surface area (Å²) in [4.78, 5) is 11.2. The summed E-state index contributed by atoms with van der Waals surface area (Å²) in [6.07, 6.45) is 2.37. The van der Waals surface area contributed by atoms with Gasteiger partial charge in [-0.05, 0) is 24.3 Å². The quantitative estimate of drug-likeness (QED) is 0.700. The maximum atomic E-state index is 13.1. The smallest absolute Gasteiger partial charge is 0.158 e. The van der Waals surface area contributed by atoms with E-state index in [9.17, 15) is 13.6 Å². The summed E-state index contributed by atoms with van der Waals surface area (Å²) in [5, 5.41) is 0. The molecule has 0 aliphatic carbocycles. The van der Waals surface area contributed by atoms with E-state index in [2.05, 4.69) is 0 Å². The van der Waals surface area contributed by atoms with E-state index in [-0.39, 0.29) is 17.3 Å². The number of halogens is 2. The van der Waals surface area contributed by atoms with Gasteiger partial charge in [-0.1, -0.05) is 19.9 Å². The molecule has 0 unspecified atom stereocenters. The van der Waals surface area contributed by atoms with Gasteiger partial charge in [0, 0.05) is 11.5 Å². The zero-order valence-corrected chi connectivity index (χ0v) is 8.63. The van der Waals surface area contributed by atoms with Crippen molar-refractivity contribution in [3.05, 3.63) is 41.5 Å². The Morgan fingerprint density at radius 1 is 1.27 bits per heavy atom. The number of carbonyl (C=O) groups excluding carboxylic acids is 1. The largest absolute Gasteiger partial charge is 0.295 e. The van der Waals surface area contributed by atoms with Crippen molar-refractivity contribution in [2.45, 2.75) is 13.8 Å². The fourth-order valence-corrected chi connectivity index (χ4v) is 1.03. The normalized spacial score (nSPS) is 11.3. The lowest BCUT2D eigenvalue weighted by molar-refractivity contribution is -0.117. The van der Waals surface area contributed by atoms with Crippen LogP contribution in [0.4, 0.5) is 8.78 Å². The Labute approximate surface area is 87.4 Å². The average Bonchev–Trinajstić information content (AvgIpc) is 2.16. The van der Waals surface area contributed by atoms with Gasteiger partial charge in [-0.2, -0.15) is 0 Å². The highest BCUT2D eigenvalue weighted by molar-refractivity contribution is 5.94. The van der Waals surface area contributed by atoms with Gasteiger partial charge < -0.3 is 0 Å². The molecule has 0 spiro atoms. The van der Waals surface area contributed by atoms with Crippen molar-refractivity contribution >= 4 is 11.9 Å². The van der Waals surface area contributed by atoms with E-state index >= 15 is 0 Å². The molecule has 0 fully saturated rings. The molecule has 0 N–H and O–H groups in total. The van der Waals surface area contributed by atoms with Crippen molar-refractivity contribution in [2.24, 2.45) is 5.92 Å². The van der Waals surface area contributed by atoms with E-state index in [4.69, 9.17) is 0 Å². The first-order chi connectivity index (χ1) is 7.02. The highest BCUT2D eigenvalue weighted by atomic mass is 19.1. The SMILES string of the molecule is CC(C)C(=O)/C=C/c1c(F)cccc1F. The number of hydrogen-bond acceptors (Lipinski definition) is 1. The molecule has 1 aromatic rings. The molecular formula is C12H12F2O. The lowest BCUT2D eigenvalue weighted by atomic mass is 10.1. The number of benzene rings is 1. The summed E-state index contributed by atoms with van der Waals surface area (Å²) < 4.78 is 26.2. The molecule has 1 rings (SSSR count). The van der Waals surface area contributed by atoms with Crippen molar-refractivity contribution in [1.82, 2.24) is 0 Å². The standard InChI is InChI=1S/C12H12F2O/c1-8(2)12(15)7-6-9-10(13)4-3-5-11(9)14/h3-8H,1-2H3/b7-6+. The van der Waals surface area contributed by atoms with Gasteiger partial charge in [0.2, 0.25) is 0 Å². The monoisotopic (exact) mass is 210 g/mol. The minimum Gasteiger partial charge on any atom is -0.295 e. The van der Waals surface area contributed by atoms with Crippen LogP contribution in [-0.4, -0.2) is 5.78 Å². The van der Waals surface area contributed by atoms with Crippen LogP contribution in [0.1, 0.15) is 19.4 Å². The lowest BCUT2D eigenvalue weighted by Crippen LogP contribution is -2.02. The molecule has 0 atom stereocenters. The summed E-state index contributed by atoms with van der Waals surface area (Å²) in [6, 6.07) is 3.59. The van der Waals surface area contributed by atoms with E-state index in [1.807, 2.05) is 0 Å². The van der Waals surface area contributed by atoms with Crippen LogP contribution in [0.25, 0.3) is 6.08 Å². The van der Waals surface area contributed by atoms with Gasteiger partial charge in [0.1, 0.15) is 11.6 Å². The van der Waals surface area contributed by atoms with Gasteiger partial charge in [0.15, 0.2) is 5.78 Å². The first-order valence-corrected chi connectivity index (χ1v) is 4.68. The van der Waals surface area contributed by atoms with Crippen LogP contribution in [-0.2, 0) is 4.79 Å². The number of hydrogen-bond donors (Lipinski definition) is 0. The van der Waals surface area contributed by atoms with E-state index in [1.54, 1.807) is 13.8 Å². The average molecular weight is 210 g/mol. The van der Waals surface area contributed by atoms with Gasteiger partial charge in [0.05, 0.1) is 0 Å². The maximum Gasteiger partial charge on any atom is 0.158 e. The number of ketones is 1. The van der Waals surface area contributed by atoms with Crippen LogP contribution in [0.15, 0.2) is 24.3 Å². The minimum absolute atomic E-state index is 0.155. The number of rotatable bonds is 3. The molecule has 0 saturated carbocycles. The fraction of sp³-hybridized carbons (Fsp3) is 0.250. The van der Waals surface area contributed by atoms with Crippen molar-refractivity contribution in [3.8, 4) is 0 Å². The third kappa shape index (κ3) is 2.98. The lowest BCUT2D eigenvalue weighted by Gasteiger charge is -1.99. The van der Waals surface area contributed by atoms with E-state index in [1.165, 1.54) is 18.2 Å². The molecule has 0 heterocycles. The summed E-state index contributed by atoms with van der Waals surface area (Å²) >= 11 is 0. The topological polar surface area (TPSA) is 17.1 Å². The molecule has 0 radical (unpaired) electrons. The van der Waals surface area contributed by atoms with Crippen LogP contribution in [0, 0.1) is 17.6 Å². The van der Waals surface area contributed by atoms with Crippen molar-refractivity contribution in [2.75, 3.05) is 0 Å². The summed E-state index contributed by atoms with van der Waals surface area (Å²) in [5.74, 6) is -1.65. The molecule has 1 aromatic carbocycles. The Hall–Kier alpha value is -1.51. The molecule has 0 saturated heterocycles. The van der Waals surface area contributed by atoms with Crippen molar-refractivity contribution in [1.29, 1.82) is 0 Å². The maximum absolute atomic E-state index is 13.1. The number of carbonyl (C=O) groups is 1.